The van der Waals surface area contributed by atoms with Gasteiger partial charge in [0.15, 0.2) is 11.5 Å². The molecule has 1 aliphatic heterocycles. The number of benzene rings is 2. The first kappa shape index (κ1) is 41.4. The molecule has 1 fully saturated rings. The average Bonchev–Trinajstić information content (AvgIpc) is 3.60. The van der Waals surface area contributed by atoms with Crippen molar-refractivity contribution >= 4 is 29.9 Å². The molecule has 4 aromatic rings. The Morgan fingerprint density at radius 1 is 0.689 bits per heavy atom. The maximum Gasteiger partial charge on any atom is 0.212 e. The van der Waals surface area contributed by atoms with Gasteiger partial charge in [-0.05, 0) is 48.7 Å². The Kier molecular flexibility index (Phi) is 22.7. The molecule has 2 aromatic heterocycles. The van der Waals surface area contributed by atoms with E-state index >= 15 is 0 Å². The zero-order valence-electron chi connectivity index (χ0n) is 29.9. The smallest absolute Gasteiger partial charge is 0.212 e. The first-order valence-corrected chi connectivity index (χ1v) is 17.1. The molecule has 0 unspecified atom stereocenters. The normalized spacial score (nSPS) is 11.4. The highest BCUT2D eigenvalue weighted by atomic mass is 32.1. The van der Waals surface area contributed by atoms with Crippen LogP contribution in [-0.2, 0) is 0 Å². The Balaban J connectivity index is 0.00000143. The summed E-state index contributed by atoms with van der Waals surface area (Å²) in [7, 11) is 4.96. The van der Waals surface area contributed by atoms with E-state index in [4.69, 9.17) is 19.2 Å². The highest BCUT2D eigenvalue weighted by Gasteiger charge is 2.22. The minimum absolute atomic E-state index is 0.676. The van der Waals surface area contributed by atoms with E-state index in [1.54, 1.807) is 27.6 Å². The van der Waals surface area contributed by atoms with Crippen LogP contribution in [0.4, 0.5) is 11.6 Å². The maximum atomic E-state index is 5.49. The highest BCUT2D eigenvalue weighted by molar-refractivity contribution is 7.79. The Hall–Kier alpha value is -3.59. The molecule has 8 nitrogen and oxygen atoms in total. The van der Waals surface area contributed by atoms with Crippen molar-refractivity contribution in [3.63, 3.8) is 0 Å². The summed E-state index contributed by atoms with van der Waals surface area (Å²) in [5, 5.41) is 0. The summed E-state index contributed by atoms with van der Waals surface area (Å²) in [6.45, 7) is 20.0. The molecular weight excluding hydrogens is 582 g/mol. The van der Waals surface area contributed by atoms with Crippen LogP contribution >= 0.6 is 12.6 Å². The van der Waals surface area contributed by atoms with Gasteiger partial charge in [-0.25, -0.2) is 9.97 Å². The summed E-state index contributed by atoms with van der Waals surface area (Å²) in [5.41, 5.74) is 3.87. The van der Waals surface area contributed by atoms with Crippen LogP contribution < -0.4 is 24.0 Å². The van der Waals surface area contributed by atoms with Gasteiger partial charge in [0.05, 0.1) is 27.0 Å². The summed E-state index contributed by atoms with van der Waals surface area (Å²) >= 11 is 3.53. The molecule has 0 saturated carbocycles. The quantitative estimate of drug-likeness (QED) is 0.211. The van der Waals surface area contributed by atoms with Crippen LogP contribution in [0.3, 0.4) is 0 Å². The molecule has 0 N–H and O–H groups in total. The molecule has 5 rings (SSSR count). The number of ether oxygens (including phenoxy) is 3. The van der Waals surface area contributed by atoms with Crippen LogP contribution in [0.15, 0.2) is 60.9 Å². The largest absolute Gasteiger partial charge is 0.497 e. The van der Waals surface area contributed by atoms with Crippen LogP contribution in [0, 0.1) is 0 Å². The molecule has 0 atom stereocenters. The van der Waals surface area contributed by atoms with Crippen molar-refractivity contribution in [2.45, 2.75) is 68.2 Å². The summed E-state index contributed by atoms with van der Waals surface area (Å²) in [6.07, 6.45) is 7.97. The lowest BCUT2D eigenvalue weighted by Gasteiger charge is -2.37. The standard InChI is InChI=1S/C25H27N5O3.2C3H8.2C2H6.CH4S/c1-31-20-7-5-19(6-8-20)28-12-14-29(15-13-28)25-27-21(17-24-26-10-11-30(24)25)18-4-9-22(32-2)23(16-18)33-3;2*1-3-2;3*1-2/h4-11,16-17H,12-15H2,1-3H3;2*3H2,1-2H3;2*1-2H3;2H,1H3. The van der Waals surface area contributed by atoms with Crippen LogP contribution in [0.25, 0.3) is 16.9 Å². The molecule has 0 spiro atoms. The average molecular weight is 642 g/mol. The molecule has 0 bridgehead atoms. The van der Waals surface area contributed by atoms with E-state index in [1.807, 2.05) is 80.9 Å². The molecule has 3 heterocycles. The highest BCUT2D eigenvalue weighted by Crippen LogP contribution is 2.33. The number of anilines is 2. The number of piperazine rings is 1. The van der Waals surface area contributed by atoms with Gasteiger partial charge in [-0.3, -0.25) is 4.40 Å². The monoisotopic (exact) mass is 641 g/mol. The number of hydrogen-bond donors (Lipinski definition) is 1. The molecule has 0 aliphatic carbocycles. The fourth-order valence-electron chi connectivity index (χ4n) is 4.23. The van der Waals surface area contributed by atoms with Crippen molar-refractivity contribution in [2.75, 3.05) is 63.6 Å². The third-order valence-electron chi connectivity index (χ3n) is 6.05. The molecule has 9 heteroatoms. The molecule has 252 valence electrons. The zero-order valence-corrected chi connectivity index (χ0v) is 30.8. The van der Waals surface area contributed by atoms with Gasteiger partial charge in [-0.1, -0.05) is 68.2 Å². The number of hydrogen-bond acceptors (Lipinski definition) is 8. The van der Waals surface area contributed by atoms with Crippen LogP contribution in [-0.4, -0.2) is 68.1 Å². The summed E-state index contributed by atoms with van der Waals surface area (Å²) in [6, 6.07) is 16.1. The Morgan fingerprint density at radius 2 is 1.22 bits per heavy atom. The Bertz CT molecular complexity index is 1290. The van der Waals surface area contributed by atoms with Crippen molar-refractivity contribution in [1.82, 2.24) is 14.4 Å². The van der Waals surface area contributed by atoms with E-state index in [2.05, 4.69) is 67.2 Å². The van der Waals surface area contributed by atoms with E-state index in [0.717, 1.165) is 54.8 Å². The van der Waals surface area contributed by atoms with E-state index in [1.165, 1.54) is 18.5 Å². The fourth-order valence-corrected chi connectivity index (χ4v) is 4.23. The van der Waals surface area contributed by atoms with Crippen molar-refractivity contribution < 1.29 is 14.2 Å². The van der Waals surface area contributed by atoms with E-state index in [9.17, 15) is 0 Å². The van der Waals surface area contributed by atoms with E-state index < -0.39 is 0 Å². The number of aromatic nitrogens is 3. The molecule has 1 aliphatic rings. The second-order valence-corrected chi connectivity index (χ2v) is 9.25. The SMILES string of the molecule is CC.CC.CCC.CCC.COc1ccc(N2CCN(c3nc(-c4ccc(OC)c(OC)c4)cc4nccn34)CC2)cc1.CS. The number of thiol groups is 1. The first-order valence-electron chi connectivity index (χ1n) is 16.2. The van der Waals surface area contributed by atoms with Crippen LogP contribution in [0.5, 0.6) is 17.2 Å². The van der Waals surface area contributed by atoms with Crippen molar-refractivity contribution in [1.29, 1.82) is 0 Å². The van der Waals surface area contributed by atoms with Gasteiger partial charge in [-0.15, -0.1) is 0 Å². The van der Waals surface area contributed by atoms with Gasteiger partial charge in [0.2, 0.25) is 5.95 Å². The van der Waals surface area contributed by atoms with E-state index in [0.29, 0.717) is 11.5 Å². The molecule has 45 heavy (non-hydrogen) atoms. The predicted molar refractivity (Wildman–Crippen MR) is 198 cm³/mol. The number of rotatable bonds is 6. The zero-order chi connectivity index (χ0) is 34.2. The van der Waals surface area contributed by atoms with Gasteiger partial charge in [0.1, 0.15) is 11.4 Å². The van der Waals surface area contributed by atoms with Crippen LogP contribution in [0.1, 0.15) is 68.2 Å². The topological polar surface area (TPSA) is 64.4 Å². The number of imidazole rings is 1. The third kappa shape index (κ3) is 12.4. The lowest BCUT2D eigenvalue weighted by atomic mass is 10.1. The van der Waals surface area contributed by atoms with Gasteiger partial charge in [0, 0.05) is 55.9 Å². The van der Waals surface area contributed by atoms with Crippen molar-refractivity contribution in [3.05, 3.63) is 60.9 Å². The lowest BCUT2D eigenvalue weighted by Crippen LogP contribution is -2.47. The maximum absolute atomic E-state index is 5.49. The van der Waals surface area contributed by atoms with Gasteiger partial charge < -0.3 is 24.0 Å². The third-order valence-corrected chi connectivity index (χ3v) is 6.05. The first-order chi connectivity index (χ1) is 22.0. The number of fused-ring (bicyclic) bond motifs is 1. The van der Waals surface area contributed by atoms with Crippen molar-refractivity contribution in [2.24, 2.45) is 0 Å². The Labute approximate surface area is 279 Å². The second-order valence-electron chi connectivity index (χ2n) is 9.25. The lowest BCUT2D eigenvalue weighted by molar-refractivity contribution is 0.355. The fraction of sp³-hybridized carbons (Fsp3) is 0.500. The summed E-state index contributed by atoms with van der Waals surface area (Å²) in [4.78, 5) is 14.3. The van der Waals surface area contributed by atoms with Gasteiger partial charge in [0.25, 0.3) is 0 Å². The van der Waals surface area contributed by atoms with Crippen LogP contribution in [0.2, 0.25) is 0 Å². The molecule has 2 aromatic carbocycles. The van der Waals surface area contributed by atoms with E-state index in [-0.39, 0.29) is 0 Å². The second kappa shape index (κ2) is 24.7. The number of nitrogens with zero attached hydrogens (tertiary/aromatic N) is 5. The molecular formula is C36H59N5O3S. The molecule has 1 saturated heterocycles. The molecule has 0 amide bonds. The van der Waals surface area contributed by atoms with Gasteiger partial charge >= 0.3 is 0 Å². The summed E-state index contributed by atoms with van der Waals surface area (Å²) < 4.78 is 18.2. The summed E-state index contributed by atoms with van der Waals surface area (Å²) in [5.74, 6) is 3.13. The van der Waals surface area contributed by atoms with Gasteiger partial charge in [-0.2, -0.15) is 12.6 Å². The minimum Gasteiger partial charge on any atom is -0.497 e. The Morgan fingerprint density at radius 3 is 1.73 bits per heavy atom. The van der Waals surface area contributed by atoms with Crippen molar-refractivity contribution in [3.8, 4) is 28.5 Å². The minimum atomic E-state index is 0.676. The molecule has 0 radical (unpaired) electrons. The predicted octanol–water partition coefficient (Wildman–Crippen LogP) is 9.18. The number of methoxy groups -OCH3 is 3.